The first kappa shape index (κ1) is 10.2. The molecule has 1 aliphatic carbocycles. The molecular weight excluding hydrogens is 187 g/mol. The van der Waals surface area contributed by atoms with Gasteiger partial charge in [0.15, 0.2) is 0 Å². The van der Waals surface area contributed by atoms with Gasteiger partial charge in [0.2, 0.25) is 0 Å². The van der Waals surface area contributed by atoms with E-state index in [9.17, 15) is 0 Å². The Hall–Kier alpha value is -0.963. The van der Waals surface area contributed by atoms with Crippen molar-refractivity contribution in [3.05, 3.63) is 58.7 Å². The number of hydrogen-bond acceptors (Lipinski definition) is 0. The summed E-state index contributed by atoms with van der Waals surface area (Å²) in [6, 6.07) is 13.3. The second kappa shape index (κ2) is 3.52. The third-order valence-electron chi connectivity index (χ3n) is 3.94. The van der Waals surface area contributed by atoms with Gasteiger partial charge in [0, 0.05) is 0 Å². The molecule has 0 spiro atoms. The van der Waals surface area contributed by atoms with Crippen molar-refractivity contribution >= 4 is 17.7 Å². The molecule has 2 aromatic carbocycles. The van der Waals surface area contributed by atoms with Gasteiger partial charge in [-0.15, -0.1) is 0 Å². The Morgan fingerprint density at radius 1 is 0.938 bits per heavy atom. The fourth-order valence-corrected chi connectivity index (χ4v) is 2.91. The van der Waals surface area contributed by atoms with E-state index in [0.717, 1.165) is 0 Å². The summed E-state index contributed by atoms with van der Waals surface area (Å²) in [6.07, 6.45) is 0. The first-order chi connectivity index (χ1) is 7.70. The molecule has 0 saturated heterocycles. The van der Waals surface area contributed by atoms with Gasteiger partial charge in [-0.2, -0.15) is 0 Å². The van der Waals surface area contributed by atoms with Crippen LogP contribution < -0.4 is 0 Å². The van der Waals surface area contributed by atoms with Crippen LogP contribution in [0.25, 0.3) is 11.1 Å². The molecule has 0 fully saturated rings. The molecule has 0 aliphatic heterocycles. The quantitative estimate of drug-likeness (QED) is 0.570. The molecule has 0 N–H and O–H groups in total. The van der Waals surface area contributed by atoms with Crippen LogP contribution in [0.2, 0.25) is 0 Å². The van der Waals surface area contributed by atoms with Gasteiger partial charge in [0.05, 0.1) is 0 Å². The van der Waals surface area contributed by atoms with E-state index in [4.69, 9.17) is 0 Å². The van der Waals surface area contributed by atoms with E-state index < -0.39 is 0 Å². The Kier molecular flexibility index (Phi) is 2.25. The van der Waals surface area contributed by atoms with E-state index in [0.29, 0.717) is 4.59 Å². The van der Waals surface area contributed by atoms with Gasteiger partial charge in [-0.05, 0) is 0 Å². The van der Waals surface area contributed by atoms with Gasteiger partial charge in [0.25, 0.3) is 0 Å². The van der Waals surface area contributed by atoms with Crippen LogP contribution in [0.5, 0.6) is 0 Å². The van der Waals surface area contributed by atoms with Gasteiger partial charge >= 0.3 is 106 Å². The van der Waals surface area contributed by atoms with Gasteiger partial charge < -0.3 is 0 Å². The average Bonchev–Trinajstić information content (AvgIpc) is 2.59. The van der Waals surface area contributed by atoms with Gasteiger partial charge in [-0.25, -0.2) is 0 Å². The molecule has 0 aromatic heterocycles. The zero-order valence-corrected chi connectivity index (χ0v) is 10.0. The molecule has 0 heterocycles. The summed E-state index contributed by atoms with van der Waals surface area (Å²) in [7, 11) is 0. The van der Waals surface area contributed by atoms with Gasteiger partial charge in [-0.1, -0.05) is 0 Å². The minimum atomic E-state index is 0.547. The maximum atomic E-state index is 2.32. The maximum absolute atomic E-state index is 2.32. The topological polar surface area (TPSA) is 0 Å². The average molecular weight is 200 g/mol. The molecule has 16 heavy (non-hydrogen) atoms. The monoisotopic (exact) mass is 200 g/mol. The SMILES string of the molecule is [Li][CH]1c2ccccc2-c2ccc(C)c(C)c21. The Balaban J connectivity index is 2.37. The number of fused-ring (bicyclic) bond motifs is 3. The predicted molar refractivity (Wildman–Crippen MR) is 68.9 cm³/mol. The van der Waals surface area contributed by atoms with Crippen LogP contribution in [-0.2, 0) is 0 Å². The van der Waals surface area contributed by atoms with Crippen LogP contribution >= 0.6 is 0 Å². The van der Waals surface area contributed by atoms with Crippen LogP contribution in [0.3, 0.4) is 0 Å². The molecule has 0 radical (unpaired) electrons. The molecule has 1 heteroatoms. The number of benzene rings is 2. The molecule has 0 amide bonds. The molecule has 0 nitrogen and oxygen atoms in total. The molecule has 0 bridgehead atoms. The molecule has 2 aromatic rings. The third-order valence-corrected chi connectivity index (χ3v) is 3.94. The van der Waals surface area contributed by atoms with Crippen molar-refractivity contribution in [3.8, 4) is 11.1 Å². The van der Waals surface area contributed by atoms with E-state index in [1.165, 1.54) is 33.4 Å². The van der Waals surface area contributed by atoms with Crippen LogP contribution in [0.4, 0.5) is 0 Å². The van der Waals surface area contributed by atoms with Crippen molar-refractivity contribution in [3.63, 3.8) is 0 Å². The van der Waals surface area contributed by atoms with E-state index in [1.807, 2.05) is 0 Å². The second-order valence-electron chi connectivity index (χ2n) is 4.78. The van der Waals surface area contributed by atoms with Crippen molar-refractivity contribution in [2.75, 3.05) is 0 Å². The van der Waals surface area contributed by atoms with Crippen molar-refractivity contribution in [2.45, 2.75) is 18.4 Å². The second-order valence-corrected chi connectivity index (χ2v) is 4.78. The van der Waals surface area contributed by atoms with Crippen LogP contribution in [0.15, 0.2) is 36.4 Å². The summed E-state index contributed by atoms with van der Waals surface area (Å²) in [5.41, 5.74) is 8.73. The van der Waals surface area contributed by atoms with E-state index in [1.54, 1.807) is 0 Å². The minimum absolute atomic E-state index is 0.547. The van der Waals surface area contributed by atoms with E-state index in [2.05, 4.69) is 68.0 Å². The first-order valence-electron chi connectivity index (χ1n) is 5.89. The van der Waals surface area contributed by atoms with Crippen LogP contribution in [0.1, 0.15) is 26.8 Å². The van der Waals surface area contributed by atoms with E-state index in [-0.39, 0.29) is 0 Å². The molecule has 1 aliphatic rings. The Morgan fingerprint density at radius 3 is 2.50 bits per heavy atom. The molecule has 1 atom stereocenters. The summed E-state index contributed by atoms with van der Waals surface area (Å²) in [5, 5.41) is 0. The van der Waals surface area contributed by atoms with Crippen molar-refractivity contribution < 1.29 is 0 Å². The van der Waals surface area contributed by atoms with Crippen LogP contribution in [0, 0.1) is 13.8 Å². The van der Waals surface area contributed by atoms with Gasteiger partial charge in [0.1, 0.15) is 0 Å². The number of hydrogen-bond donors (Lipinski definition) is 0. The summed E-state index contributed by atoms with van der Waals surface area (Å²) < 4.78 is 0.547. The van der Waals surface area contributed by atoms with Crippen molar-refractivity contribution in [2.24, 2.45) is 0 Å². The predicted octanol–water partition coefficient (Wildman–Crippen LogP) is 3.54. The standard InChI is InChI=1S/C15H13.Li/c1-10-7-8-14-13-6-4-3-5-12(13)9-15(14)11(10)2;/h3-9H,1-2H3;. The van der Waals surface area contributed by atoms with Crippen LogP contribution in [-0.4, -0.2) is 17.7 Å². The third kappa shape index (κ3) is 1.24. The molecule has 3 rings (SSSR count). The summed E-state index contributed by atoms with van der Waals surface area (Å²) in [5.74, 6) is 0. The Labute approximate surface area is 106 Å². The fourth-order valence-electron chi connectivity index (χ4n) is 2.91. The molecule has 1 unspecified atom stereocenters. The normalized spacial score (nSPS) is 17.1. The Morgan fingerprint density at radius 2 is 1.69 bits per heavy atom. The number of aryl methyl sites for hydroxylation is 1. The first-order valence-corrected chi connectivity index (χ1v) is 5.89. The van der Waals surface area contributed by atoms with Crippen molar-refractivity contribution in [1.82, 2.24) is 0 Å². The zero-order valence-electron chi connectivity index (χ0n) is 10.0. The molecule has 74 valence electrons. The van der Waals surface area contributed by atoms with Gasteiger partial charge in [-0.3, -0.25) is 0 Å². The molecule has 0 saturated carbocycles. The summed E-state index contributed by atoms with van der Waals surface area (Å²) >= 11 is 2.32. The fraction of sp³-hybridized carbons (Fsp3) is 0.200. The Bertz CT molecular complexity index is 570. The summed E-state index contributed by atoms with van der Waals surface area (Å²) in [4.78, 5) is 0. The van der Waals surface area contributed by atoms with E-state index >= 15 is 0 Å². The zero-order chi connectivity index (χ0) is 11.3. The molecular formula is C15H13Li. The van der Waals surface area contributed by atoms with Crippen molar-refractivity contribution in [1.29, 1.82) is 0 Å². The number of rotatable bonds is 0. The summed E-state index contributed by atoms with van der Waals surface area (Å²) in [6.45, 7) is 4.45.